The van der Waals surface area contributed by atoms with Crippen LogP contribution in [0.25, 0.3) is 0 Å². The summed E-state index contributed by atoms with van der Waals surface area (Å²) in [5, 5.41) is 3.39. The van der Waals surface area contributed by atoms with Crippen molar-refractivity contribution < 1.29 is 0 Å². The zero-order chi connectivity index (χ0) is 12.0. The van der Waals surface area contributed by atoms with Gasteiger partial charge in [0.1, 0.15) is 0 Å². The molecule has 1 aromatic rings. The van der Waals surface area contributed by atoms with Crippen molar-refractivity contribution in [2.45, 2.75) is 45.7 Å². The minimum atomic E-state index is 0.0831. The molecule has 0 aromatic carbocycles. The van der Waals surface area contributed by atoms with E-state index >= 15 is 0 Å². The van der Waals surface area contributed by atoms with E-state index in [1.165, 1.54) is 6.42 Å². The molecule has 16 heavy (non-hydrogen) atoms. The molecule has 1 N–H and O–H groups in total. The number of nitrogens with one attached hydrogen (secondary N) is 1. The standard InChI is InChI=1S/C12H23N3O/c1-4-13-11(2)7-5-6-8-15-10-9-14(3)12(15)16/h9-11,13H,4-8H2,1-3H3. The van der Waals surface area contributed by atoms with E-state index in [-0.39, 0.29) is 5.69 Å². The minimum absolute atomic E-state index is 0.0831. The Labute approximate surface area is 97.3 Å². The number of hydrogen-bond donors (Lipinski definition) is 1. The first kappa shape index (κ1) is 13.0. The van der Waals surface area contributed by atoms with Gasteiger partial charge in [-0.25, -0.2) is 4.79 Å². The topological polar surface area (TPSA) is 39.0 Å². The van der Waals surface area contributed by atoms with E-state index in [0.29, 0.717) is 6.04 Å². The molecule has 0 bridgehead atoms. The van der Waals surface area contributed by atoms with Crippen molar-refractivity contribution in [1.29, 1.82) is 0 Å². The first-order valence-corrected chi connectivity index (χ1v) is 6.10. The predicted octanol–water partition coefficient (Wildman–Crippen LogP) is 1.36. The molecule has 0 aliphatic heterocycles. The molecule has 1 rings (SSSR count). The summed E-state index contributed by atoms with van der Waals surface area (Å²) < 4.78 is 3.39. The molecular formula is C12H23N3O. The van der Waals surface area contributed by atoms with Crippen LogP contribution in [-0.2, 0) is 13.6 Å². The third-order valence-corrected chi connectivity index (χ3v) is 2.86. The van der Waals surface area contributed by atoms with Crippen LogP contribution in [0.5, 0.6) is 0 Å². The van der Waals surface area contributed by atoms with Gasteiger partial charge in [0.2, 0.25) is 0 Å². The number of unbranched alkanes of at least 4 members (excludes halogenated alkanes) is 1. The van der Waals surface area contributed by atoms with E-state index in [1.54, 1.807) is 16.2 Å². The molecule has 4 nitrogen and oxygen atoms in total. The molecule has 0 fully saturated rings. The van der Waals surface area contributed by atoms with Crippen LogP contribution in [0.2, 0.25) is 0 Å². The van der Waals surface area contributed by atoms with E-state index in [9.17, 15) is 4.79 Å². The van der Waals surface area contributed by atoms with E-state index in [1.807, 2.05) is 12.4 Å². The van der Waals surface area contributed by atoms with Crippen LogP contribution in [0.15, 0.2) is 17.2 Å². The normalized spacial score (nSPS) is 12.9. The lowest BCUT2D eigenvalue weighted by Crippen LogP contribution is -2.25. The minimum Gasteiger partial charge on any atom is -0.315 e. The average Bonchev–Trinajstić information content (AvgIpc) is 2.56. The highest BCUT2D eigenvalue weighted by Gasteiger charge is 2.01. The van der Waals surface area contributed by atoms with Gasteiger partial charge in [-0.05, 0) is 26.3 Å². The molecule has 0 spiro atoms. The van der Waals surface area contributed by atoms with Crippen molar-refractivity contribution in [3.63, 3.8) is 0 Å². The van der Waals surface area contributed by atoms with Crippen LogP contribution >= 0.6 is 0 Å². The highest BCUT2D eigenvalue weighted by Crippen LogP contribution is 2.01. The van der Waals surface area contributed by atoms with Crippen molar-refractivity contribution >= 4 is 0 Å². The summed E-state index contributed by atoms with van der Waals surface area (Å²) in [6, 6.07) is 0.581. The van der Waals surface area contributed by atoms with Crippen molar-refractivity contribution in [3.8, 4) is 0 Å². The number of hydrogen-bond acceptors (Lipinski definition) is 2. The lowest BCUT2D eigenvalue weighted by molar-refractivity contribution is 0.482. The van der Waals surface area contributed by atoms with Crippen LogP contribution in [0.1, 0.15) is 33.1 Å². The maximum absolute atomic E-state index is 11.5. The summed E-state index contributed by atoms with van der Waals surface area (Å²) in [6.45, 7) is 6.19. The van der Waals surface area contributed by atoms with Gasteiger partial charge in [-0.15, -0.1) is 0 Å². The zero-order valence-electron chi connectivity index (χ0n) is 10.6. The molecular weight excluding hydrogens is 202 g/mol. The Morgan fingerprint density at radius 3 is 2.69 bits per heavy atom. The number of imidazole rings is 1. The van der Waals surface area contributed by atoms with Gasteiger partial charge in [0.25, 0.3) is 0 Å². The zero-order valence-corrected chi connectivity index (χ0v) is 10.6. The number of aromatic nitrogens is 2. The number of rotatable bonds is 7. The highest BCUT2D eigenvalue weighted by atomic mass is 16.1. The first-order valence-electron chi connectivity index (χ1n) is 6.10. The molecule has 0 aliphatic rings. The second-order valence-corrected chi connectivity index (χ2v) is 4.34. The number of aryl methyl sites for hydroxylation is 2. The smallest absolute Gasteiger partial charge is 0.315 e. The van der Waals surface area contributed by atoms with Gasteiger partial charge >= 0.3 is 5.69 Å². The Morgan fingerprint density at radius 2 is 2.12 bits per heavy atom. The molecule has 1 atom stereocenters. The molecule has 0 saturated carbocycles. The van der Waals surface area contributed by atoms with E-state index in [2.05, 4.69) is 19.2 Å². The molecule has 0 aliphatic carbocycles. The molecule has 92 valence electrons. The van der Waals surface area contributed by atoms with E-state index in [4.69, 9.17) is 0 Å². The fourth-order valence-electron chi connectivity index (χ4n) is 1.86. The molecule has 0 radical (unpaired) electrons. The first-order chi connectivity index (χ1) is 7.65. The fraction of sp³-hybridized carbons (Fsp3) is 0.750. The summed E-state index contributed by atoms with van der Waals surface area (Å²) in [7, 11) is 1.78. The van der Waals surface area contributed by atoms with Crippen LogP contribution in [0.3, 0.4) is 0 Å². The SMILES string of the molecule is CCNC(C)CCCCn1ccn(C)c1=O. The third kappa shape index (κ3) is 3.85. The van der Waals surface area contributed by atoms with Crippen LogP contribution in [0, 0.1) is 0 Å². The van der Waals surface area contributed by atoms with Crippen LogP contribution in [-0.4, -0.2) is 21.7 Å². The highest BCUT2D eigenvalue weighted by molar-refractivity contribution is 4.79. The summed E-state index contributed by atoms with van der Waals surface area (Å²) in [4.78, 5) is 11.5. The number of nitrogens with zero attached hydrogens (tertiary/aromatic N) is 2. The van der Waals surface area contributed by atoms with Crippen molar-refractivity contribution in [3.05, 3.63) is 22.9 Å². The Kier molecular flexibility index (Phi) is 5.32. The molecule has 1 unspecified atom stereocenters. The Morgan fingerprint density at radius 1 is 1.38 bits per heavy atom. The van der Waals surface area contributed by atoms with E-state index < -0.39 is 0 Å². The lowest BCUT2D eigenvalue weighted by atomic mass is 10.1. The van der Waals surface area contributed by atoms with E-state index in [0.717, 1.165) is 25.9 Å². The summed E-state index contributed by atoms with van der Waals surface area (Å²) in [5.74, 6) is 0. The van der Waals surface area contributed by atoms with Crippen molar-refractivity contribution in [1.82, 2.24) is 14.5 Å². The van der Waals surface area contributed by atoms with Gasteiger partial charge in [0, 0.05) is 32.0 Å². The third-order valence-electron chi connectivity index (χ3n) is 2.86. The van der Waals surface area contributed by atoms with Gasteiger partial charge < -0.3 is 9.88 Å². The Hall–Kier alpha value is -1.03. The lowest BCUT2D eigenvalue weighted by Gasteiger charge is -2.11. The largest absolute Gasteiger partial charge is 0.327 e. The molecule has 1 heterocycles. The molecule has 1 aromatic heterocycles. The second kappa shape index (κ2) is 6.53. The predicted molar refractivity (Wildman–Crippen MR) is 66.7 cm³/mol. The second-order valence-electron chi connectivity index (χ2n) is 4.34. The van der Waals surface area contributed by atoms with Crippen LogP contribution < -0.4 is 11.0 Å². The summed E-state index contributed by atoms with van der Waals surface area (Å²) in [5.41, 5.74) is 0.0831. The Bertz CT molecular complexity index is 353. The Balaban J connectivity index is 2.21. The van der Waals surface area contributed by atoms with Crippen molar-refractivity contribution in [2.24, 2.45) is 7.05 Å². The molecule has 4 heteroatoms. The molecule has 0 amide bonds. The maximum atomic E-state index is 11.5. The van der Waals surface area contributed by atoms with Gasteiger partial charge in [0.05, 0.1) is 0 Å². The van der Waals surface area contributed by atoms with Gasteiger partial charge in [-0.3, -0.25) is 4.57 Å². The molecule has 0 saturated heterocycles. The van der Waals surface area contributed by atoms with Gasteiger partial charge in [-0.1, -0.05) is 13.3 Å². The quantitative estimate of drug-likeness (QED) is 0.712. The van der Waals surface area contributed by atoms with Gasteiger partial charge in [-0.2, -0.15) is 0 Å². The average molecular weight is 225 g/mol. The fourth-order valence-corrected chi connectivity index (χ4v) is 1.86. The monoisotopic (exact) mass is 225 g/mol. The maximum Gasteiger partial charge on any atom is 0.327 e. The van der Waals surface area contributed by atoms with Gasteiger partial charge in [0.15, 0.2) is 0 Å². The summed E-state index contributed by atoms with van der Waals surface area (Å²) >= 11 is 0. The van der Waals surface area contributed by atoms with Crippen LogP contribution in [0.4, 0.5) is 0 Å². The van der Waals surface area contributed by atoms with Crippen molar-refractivity contribution in [2.75, 3.05) is 6.54 Å². The summed E-state index contributed by atoms with van der Waals surface area (Å²) in [6.07, 6.45) is 7.07.